The van der Waals surface area contributed by atoms with E-state index in [1.54, 1.807) is 0 Å². The molecule has 0 aliphatic rings. The maximum Gasteiger partial charge on any atom is 0.0927 e. The molecule has 4 nitrogen and oxygen atoms in total. The van der Waals surface area contributed by atoms with Crippen molar-refractivity contribution in [2.45, 2.75) is 0 Å². The molecular formula is C24H18N4. The summed E-state index contributed by atoms with van der Waals surface area (Å²) in [7, 11) is 0. The lowest BCUT2D eigenvalue weighted by atomic mass is 10.1. The van der Waals surface area contributed by atoms with Gasteiger partial charge in [0, 0.05) is 23.5 Å². The Balaban J connectivity index is 1.46. The van der Waals surface area contributed by atoms with Crippen molar-refractivity contribution >= 4 is 0 Å². The molecular weight excluding hydrogens is 344 g/mol. The van der Waals surface area contributed by atoms with Gasteiger partial charge in [-0.3, -0.25) is 0 Å². The van der Waals surface area contributed by atoms with Crippen LogP contribution in [0.4, 0.5) is 0 Å². The second kappa shape index (κ2) is 7.00. The topological polar surface area (TPSA) is 35.6 Å². The Morgan fingerprint density at radius 2 is 0.929 bits per heavy atom. The van der Waals surface area contributed by atoms with Crippen LogP contribution < -0.4 is 0 Å². The van der Waals surface area contributed by atoms with Crippen molar-refractivity contribution in [3.8, 4) is 33.9 Å². The Morgan fingerprint density at radius 3 is 1.39 bits per heavy atom. The summed E-state index contributed by atoms with van der Waals surface area (Å²) in [5.74, 6) is 0. The van der Waals surface area contributed by atoms with Crippen LogP contribution in [-0.4, -0.2) is 19.6 Å². The van der Waals surface area contributed by atoms with E-state index in [1.807, 2.05) is 101 Å². The van der Waals surface area contributed by atoms with E-state index >= 15 is 0 Å². The molecule has 4 heteroatoms. The third kappa shape index (κ3) is 3.12. The fourth-order valence-corrected chi connectivity index (χ4v) is 3.24. The molecule has 0 aliphatic carbocycles. The van der Waals surface area contributed by atoms with E-state index in [9.17, 15) is 0 Å². The summed E-state index contributed by atoms with van der Waals surface area (Å²) in [6.45, 7) is 0. The largest absolute Gasteiger partial charge is 0.240 e. The molecule has 3 aromatic carbocycles. The van der Waals surface area contributed by atoms with Gasteiger partial charge < -0.3 is 0 Å². The first-order chi connectivity index (χ1) is 13.9. The van der Waals surface area contributed by atoms with Gasteiger partial charge in [-0.05, 0) is 42.5 Å². The molecule has 0 unspecified atom stereocenters. The zero-order valence-electron chi connectivity index (χ0n) is 15.2. The van der Waals surface area contributed by atoms with Crippen LogP contribution in [0.3, 0.4) is 0 Å². The van der Waals surface area contributed by atoms with Gasteiger partial charge in [0.2, 0.25) is 0 Å². The third-order valence-corrected chi connectivity index (χ3v) is 4.67. The van der Waals surface area contributed by atoms with Gasteiger partial charge in [0.1, 0.15) is 0 Å². The summed E-state index contributed by atoms with van der Waals surface area (Å²) in [5, 5.41) is 9.46. The minimum atomic E-state index is 0.938. The van der Waals surface area contributed by atoms with Gasteiger partial charge in [-0.25, -0.2) is 9.36 Å². The second-order valence-corrected chi connectivity index (χ2v) is 6.54. The number of rotatable bonds is 4. The van der Waals surface area contributed by atoms with Gasteiger partial charge in [0.15, 0.2) is 0 Å². The van der Waals surface area contributed by atoms with Gasteiger partial charge in [-0.2, -0.15) is 10.2 Å². The van der Waals surface area contributed by atoms with E-state index in [2.05, 4.69) is 18.2 Å². The Morgan fingerprint density at radius 1 is 0.464 bits per heavy atom. The van der Waals surface area contributed by atoms with Gasteiger partial charge >= 0.3 is 0 Å². The molecule has 5 rings (SSSR count). The molecule has 0 radical (unpaired) electrons. The summed E-state index contributed by atoms with van der Waals surface area (Å²) < 4.78 is 3.79. The number of hydrogen-bond donors (Lipinski definition) is 0. The third-order valence-electron chi connectivity index (χ3n) is 4.67. The fraction of sp³-hybridized carbons (Fsp3) is 0. The second-order valence-electron chi connectivity index (χ2n) is 6.54. The first kappa shape index (κ1) is 16.3. The maximum absolute atomic E-state index is 4.73. The van der Waals surface area contributed by atoms with Crippen LogP contribution in [0.25, 0.3) is 33.9 Å². The Hall–Kier alpha value is -3.92. The van der Waals surface area contributed by atoms with E-state index in [-0.39, 0.29) is 0 Å². The average molecular weight is 362 g/mol. The molecule has 2 heterocycles. The predicted molar refractivity (Wildman–Crippen MR) is 112 cm³/mol. The summed E-state index contributed by atoms with van der Waals surface area (Å²) >= 11 is 0. The van der Waals surface area contributed by atoms with Crippen LogP contribution in [0, 0.1) is 0 Å². The quantitative estimate of drug-likeness (QED) is 0.429. The lowest BCUT2D eigenvalue weighted by Crippen LogP contribution is -1.94. The van der Waals surface area contributed by atoms with Gasteiger partial charge in [-0.15, -0.1) is 0 Å². The molecule has 0 spiro atoms. The van der Waals surface area contributed by atoms with E-state index in [1.165, 1.54) is 0 Å². The maximum atomic E-state index is 4.73. The van der Waals surface area contributed by atoms with Gasteiger partial charge in [-0.1, -0.05) is 54.6 Å². The number of nitrogens with zero attached hydrogens (tertiary/aromatic N) is 4. The highest BCUT2D eigenvalue weighted by atomic mass is 15.3. The standard InChI is InChI=1S/C24H18N4/c1-3-10-21(11-4-1)27-16-14-23(25-27)19-8-7-9-20(18-19)24-15-17-28(26-24)22-12-5-2-6-13-22/h1-18H. The van der Waals surface area contributed by atoms with Crippen LogP contribution >= 0.6 is 0 Å². The Labute approximate surface area is 163 Å². The normalized spacial score (nSPS) is 10.9. The zero-order valence-corrected chi connectivity index (χ0v) is 15.2. The summed E-state index contributed by atoms with van der Waals surface area (Å²) in [5.41, 5.74) is 6.11. The molecule has 0 saturated heterocycles. The molecule has 0 aliphatic heterocycles. The smallest absolute Gasteiger partial charge is 0.0927 e. The van der Waals surface area contributed by atoms with Crippen LogP contribution in [-0.2, 0) is 0 Å². The highest BCUT2D eigenvalue weighted by Crippen LogP contribution is 2.25. The molecule has 0 bridgehead atoms. The zero-order chi connectivity index (χ0) is 18.8. The predicted octanol–water partition coefficient (Wildman–Crippen LogP) is 5.39. The van der Waals surface area contributed by atoms with Crippen LogP contribution in [0.1, 0.15) is 0 Å². The lowest BCUT2D eigenvalue weighted by molar-refractivity contribution is 0.883. The SMILES string of the molecule is c1ccc(-n2ccc(-c3cccc(-c4ccn(-c5ccccc5)n4)c3)n2)cc1. The first-order valence-electron chi connectivity index (χ1n) is 9.20. The molecule has 5 aromatic rings. The summed E-state index contributed by atoms with van der Waals surface area (Å²) in [4.78, 5) is 0. The van der Waals surface area contributed by atoms with Crippen molar-refractivity contribution in [3.63, 3.8) is 0 Å². The number of hydrogen-bond acceptors (Lipinski definition) is 2. The minimum absolute atomic E-state index is 0.938. The molecule has 0 N–H and O–H groups in total. The molecule has 134 valence electrons. The van der Waals surface area contributed by atoms with E-state index < -0.39 is 0 Å². The fourth-order valence-electron chi connectivity index (χ4n) is 3.24. The van der Waals surface area contributed by atoms with Crippen molar-refractivity contribution < 1.29 is 0 Å². The first-order valence-corrected chi connectivity index (χ1v) is 9.20. The number of aromatic nitrogens is 4. The van der Waals surface area contributed by atoms with Crippen molar-refractivity contribution in [3.05, 3.63) is 109 Å². The summed E-state index contributed by atoms with van der Waals surface area (Å²) in [6.07, 6.45) is 3.98. The van der Waals surface area contributed by atoms with E-state index in [0.717, 1.165) is 33.9 Å². The number of benzene rings is 3. The van der Waals surface area contributed by atoms with Crippen LogP contribution in [0.15, 0.2) is 109 Å². The van der Waals surface area contributed by atoms with Gasteiger partial charge in [0.25, 0.3) is 0 Å². The summed E-state index contributed by atoms with van der Waals surface area (Å²) in [6, 6.07) is 32.7. The van der Waals surface area contributed by atoms with Crippen molar-refractivity contribution in [1.82, 2.24) is 19.6 Å². The van der Waals surface area contributed by atoms with Crippen LogP contribution in [0.5, 0.6) is 0 Å². The van der Waals surface area contributed by atoms with Crippen LogP contribution in [0.2, 0.25) is 0 Å². The molecule has 0 saturated carbocycles. The molecule has 0 amide bonds. The van der Waals surface area contributed by atoms with E-state index in [0.29, 0.717) is 0 Å². The molecule has 0 atom stereocenters. The molecule has 0 fully saturated rings. The van der Waals surface area contributed by atoms with Crippen molar-refractivity contribution in [1.29, 1.82) is 0 Å². The highest BCUT2D eigenvalue weighted by Gasteiger charge is 2.08. The molecule has 28 heavy (non-hydrogen) atoms. The number of para-hydroxylation sites is 2. The van der Waals surface area contributed by atoms with E-state index in [4.69, 9.17) is 10.2 Å². The van der Waals surface area contributed by atoms with Gasteiger partial charge in [0.05, 0.1) is 22.8 Å². The minimum Gasteiger partial charge on any atom is -0.240 e. The lowest BCUT2D eigenvalue weighted by Gasteiger charge is -2.03. The highest BCUT2D eigenvalue weighted by molar-refractivity contribution is 5.69. The average Bonchev–Trinajstić information content (AvgIpc) is 3.46. The van der Waals surface area contributed by atoms with Crippen molar-refractivity contribution in [2.75, 3.05) is 0 Å². The van der Waals surface area contributed by atoms with Crippen molar-refractivity contribution in [2.24, 2.45) is 0 Å². The Bertz CT molecular complexity index is 1110. The molecule has 2 aromatic heterocycles. The monoisotopic (exact) mass is 362 g/mol. The Kier molecular flexibility index (Phi) is 4.07.